The first-order valence-electron chi connectivity index (χ1n) is 10.6. The van der Waals surface area contributed by atoms with E-state index in [1.165, 1.54) is 21.8 Å². The lowest BCUT2D eigenvalue weighted by atomic mass is 10.2. The molecule has 162 valence electrons. The minimum absolute atomic E-state index is 0.519. The highest BCUT2D eigenvalue weighted by Crippen LogP contribution is 2.01. The van der Waals surface area contributed by atoms with Crippen LogP contribution in [0.15, 0.2) is 91.0 Å². The Morgan fingerprint density at radius 1 is 0.613 bits per heavy atom. The highest BCUT2D eigenvalue weighted by atomic mass is 16.7. The third kappa shape index (κ3) is 8.60. The molecule has 3 aromatic rings. The summed E-state index contributed by atoms with van der Waals surface area (Å²) in [7, 11) is 0. The fourth-order valence-electron chi connectivity index (χ4n) is 3.10. The Labute approximate surface area is 184 Å². The summed E-state index contributed by atoms with van der Waals surface area (Å²) in [6.07, 6.45) is 1.85. The number of hydroxylamine groups is 1. The second-order valence-electron chi connectivity index (χ2n) is 7.12. The largest absolute Gasteiger partial charge is 0.458 e. The summed E-state index contributed by atoms with van der Waals surface area (Å²) in [5.41, 5.74) is 12.6. The molecule has 0 unspecified atom stereocenters. The standard InChI is InChI=1S/C25H30N4O2/c30-25(31-28-21-18-24-14-8-3-9-15-24)29(26-19-16-22-10-4-1-5-11-22)27-20-17-23-12-6-2-7-13-23/h1-15,26-28H,16-21H2. The van der Waals surface area contributed by atoms with Gasteiger partial charge in [-0.15, -0.1) is 0 Å². The molecule has 0 aromatic heterocycles. The van der Waals surface area contributed by atoms with Gasteiger partial charge in [-0.05, 0) is 36.0 Å². The van der Waals surface area contributed by atoms with E-state index in [1.807, 2.05) is 66.7 Å². The summed E-state index contributed by atoms with van der Waals surface area (Å²) in [5.74, 6) is 0. The zero-order valence-corrected chi connectivity index (χ0v) is 17.7. The molecule has 0 aliphatic carbocycles. The predicted molar refractivity (Wildman–Crippen MR) is 123 cm³/mol. The second-order valence-corrected chi connectivity index (χ2v) is 7.12. The van der Waals surface area contributed by atoms with Crippen LogP contribution in [0.5, 0.6) is 0 Å². The van der Waals surface area contributed by atoms with Crippen LogP contribution in [0.25, 0.3) is 0 Å². The van der Waals surface area contributed by atoms with Crippen LogP contribution in [-0.4, -0.2) is 30.8 Å². The van der Waals surface area contributed by atoms with Crippen molar-refractivity contribution < 1.29 is 9.63 Å². The number of rotatable bonds is 12. The molecule has 0 radical (unpaired) electrons. The number of hydrogen-bond acceptors (Lipinski definition) is 5. The molecule has 3 aromatic carbocycles. The van der Waals surface area contributed by atoms with Crippen molar-refractivity contribution in [3.8, 4) is 0 Å². The van der Waals surface area contributed by atoms with Crippen molar-refractivity contribution in [1.29, 1.82) is 0 Å². The molecule has 0 spiro atoms. The highest BCUT2D eigenvalue weighted by Gasteiger charge is 2.14. The van der Waals surface area contributed by atoms with E-state index in [2.05, 4.69) is 40.6 Å². The third-order valence-corrected chi connectivity index (χ3v) is 4.75. The number of benzene rings is 3. The molecular weight excluding hydrogens is 388 g/mol. The number of hydrogen-bond donors (Lipinski definition) is 3. The lowest BCUT2D eigenvalue weighted by Gasteiger charge is -2.23. The van der Waals surface area contributed by atoms with Crippen LogP contribution in [0.4, 0.5) is 4.79 Å². The van der Waals surface area contributed by atoms with Gasteiger partial charge in [-0.1, -0.05) is 91.0 Å². The topological polar surface area (TPSA) is 65.6 Å². The smallest absolute Gasteiger partial charge is 0.352 e. The van der Waals surface area contributed by atoms with Crippen molar-refractivity contribution in [2.24, 2.45) is 0 Å². The van der Waals surface area contributed by atoms with E-state index in [0.29, 0.717) is 19.6 Å². The average molecular weight is 419 g/mol. The summed E-state index contributed by atoms with van der Waals surface area (Å²) in [5, 5.41) is 1.32. The summed E-state index contributed by atoms with van der Waals surface area (Å²) in [6, 6.07) is 30.4. The van der Waals surface area contributed by atoms with Crippen LogP contribution in [-0.2, 0) is 24.1 Å². The van der Waals surface area contributed by atoms with Crippen molar-refractivity contribution in [1.82, 2.24) is 21.4 Å². The molecule has 6 heteroatoms. The molecule has 31 heavy (non-hydrogen) atoms. The number of carbonyl (C=O) groups excluding carboxylic acids is 1. The van der Waals surface area contributed by atoms with E-state index in [0.717, 1.165) is 19.3 Å². The first-order valence-corrected chi connectivity index (χ1v) is 10.6. The van der Waals surface area contributed by atoms with Crippen LogP contribution in [0.3, 0.4) is 0 Å². The maximum absolute atomic E-state index is 12.6. The monoisotopic (exact) mass is 418 g/mol. The summed E-state index contributed by atoms with van der Waals surface area (Å²) in [4.78, 5) is 17.8. The van der Waals surface area contributed by atoms with Crippen LogP contribution >= 0.6 is 0 Å². The van der Waals surface area contributed by atoms with Crippen molar-refractivity contribution in [3.63, 3.8) is 0 Å². The van der Waals surface area contributed by atoms with Gasteiger partial charge < -0.3 is 4.84 Å². The van der Waals surface area contributed by atoms with Crippen LogP contribution < -0.4 is 16.3 Å². The molecule has 0 aliphatic rings. The third-order valence-electron chi connectivity index (χ3n) is 4.75. The molecule has 0 heterocycles. The number of nitrogens with zero attached hydrogens (tertiary/aromatic N) is 1. The lowest BCUT2D eigenvalue weighted by molar-refractivity contribution is 0.0220. The van der Waals surface area contributed by atoms with Crippen molar-refractivity contribution >= 4 is 6.09 Å². The van der Waals surface area contributed by atoms with Crippen LogP contribution in [0.2, 0.25) is 0 Å². The van der Waals surface area contributed by atoms with Crippen LogP contribution in [0, 0.1) is 0 Å². The van der Waals surface area contributed by atoms with Gasteiger partial charge in [-0.25, -0.2) is 15.6 Å². The molecule has 0 saturated heterocycles. The normalized spacial score (nSPS) is 10.6. The van der Waals surface area contributed by atoms with Gasteiger partial charge in [0.25, 0.3) is 0 Å². The minimum atomic E-state index is -0.519. The summed E-state index contributed by atoms with van der Waals surface area (Å²) in [6.45, 7) is 1.74. The second kappa shape index (κ2) is 13.2. The maximum atomic E-state index is 12.6. The van der Waals surface area contributed by atoms with Gasteiger partial charge in [-0.3, -0.25) is 0 Å². The molecule has 0 bridgehead atoms. The van der Waals surface area contributed by atoms with Gasteiger partial charge >= 0.3 is 6.09 Å². The number of nitrogens with one attached hydrogen (secondary N) is 3. The summed E-state index contributed by atoms with van der Waals surface area (Å²) >= 11 is 0. The van der Waals surface area contributed by atoms with E-state index in [1.54, 1.807) is 0 Å². The molecule has 3 N–H and O–H groups in total. The minimum Gasteiger partial charge on any atom is -0.352 e. The van der Waals surface area contributed by atoms with Gasteiger partial charge in [0.05, 0.1) is 0 Å². The van der Waals surface area contributed by atoms with Gasteiger partial charge in [0.15, 0.2) is 0 Å². The first-order chi connectivity index (χ1) is 15.3. The first kappa shape index (κ1) is 22.5. The Morgan fingerprint density at radius 3 is 1.42 bits per heavy atom. The number of amides is 1. The fourth-order valence-corrected chi connectivity index (χ4v) is 3.10. The molecule has 0 atom stereocenters. The van der Waals surface area contributed by atoms with E-state index in [-0.39, 0.29) is 0 Å². The molecule has 0 fully saturated rings. The zero-order valence-electron chi connectivity index (χ0n) is 17.7. The van der Waals surface area contributed by atoms with Crippen molar-refractivity contribution in [3.05, 3.63) is 108 Å². The Balaban J connectivity index is 1.44. The molecule has 0 aliphatic heterocycles. The Hall–Kier alpha value is -3.19. The zero-order chi connectivity index (χ0) is 21.6. The van der Waals surface area contributed by atoms with E-state index in [4.69, 9.17) is 4.84 Å². The number of carbonyl (C=O) groups is 1. The quantitative estimate of drug-likeness (QED) is 0.309. The molecule has 0 saturated carbocycles. The fraction of sp³-hybridized carbons (Fsp3) is 0.240. The molecular formula is C25H30N4O2. The van der Waals surface area contributed by atoms with E-state index in [9.17, 15) is 4.79 Å². The lowest BCUT2D eigenvalue weighted by Crippen LogP contribution is -2.54. The van der Waals surface area contributed by atoms with Crippen molar-refractivity contribution in [2.75, 3.05) is 19.6 Å². The highest BCUT2D eigenvalue weighted by molar-refractivity contribution is 5.66. The Kier molecular flexibility index (Phi) is 9.56. The van der Waals surface area contributed by atoms with Crippen LogP contribution in [0.1, 0.15) is 16.7 Å². The van der Waals surface area contributed by atoms with E-state index >= 15 is 0 Å². The van der Waals surface area contributed by atoms with Crippen molar-refractivity contribution in [2.45, 2.75) is 19.3 Å². The molecule has 1 amide bonds. The van der Waals surface area contributed by atoms with E-state index < -0.39 is 6.09 Å². The Bertz CT molecular complexity index is 830. The Morgan fingerprint density at radius 2 is 1.00 bits per heavy atom. The molecule has 6 nitrogen and oxygen atoms in total. The summed E-state index contributed by atoms with van der Waals surface area (Å²) < 4.78 is 0. The molecule has 3 rings (SSSR count). The maximum Gasteiger partial charge on any atom is 0.458 e. The number of hydrazine groups is 2. The average Bonchev–Trinajstić information content (AvgIpc) is 2.83. The van der Waals surface area contributed by atoms with Gasteiger partial charge in [0.1, 0.15) is 0 Å². The van der Waals surface area contributed by atoms with Gasteiger partial charge in [-0.2, -0.15) is 10.6 Å². The SMILES string of the molecule is O=C(ONCCc1ccccc1)N(NCCc1ccccc1)NCCc1ccccc1. The van der Waals surface area contributed by atoms with Gasteiger partial charge in [0, 0.05) is 19.6 Å². The predicted octanol–water partition coefficient (Wildman–Crippen LogP) is 3.67. The van der Waals surface area contributed by atoms with Gasteiger partial charge in [0.2, 0.25) is 0 Å².